The molecule has 3 heterocycles. The third kappa shape index (κ3) is 4.83. The minimum atomic E-state index is -0.0321. The van der Waals surface area contributed by atoms with E-state index < -0.39 is 0 Å². The van der Waals surface area contributed by atoms with E-state index in [-0.39, 0.29) is 12.0 Å². The molecular weight excluding hydrogens is 400 g/mol. The molecule has 0 bridgehead atoms. The Morgan fingerprint density at radius 2 is 2.17 bits per heavy atom. The van der Waals surface area contributed by atoms with E-state index in [9.17, 15) is 5.11 Å². The summed E-state index contributed by atoms with van der Waals surface area (Å²) in [6.07, 6.45) is 1.67. The summed E-state index contributed by atoms with van der Waals surface area (Å²) in [4.78, 5) is 9.32. The predicted octanol–water partition coefficient (Wildman–Crippen LogP) is 3.40. The fraction of sp³-hybridized carbons (Fsp3) is 0.455. The van der Waals surface area contributed by atoms with Gasteiger partial charge in [0, 0.05) is 31.7 Å². The van der Waals surface area contributed by atoms with E-state index in [1.54, 1.807) is 11.3 Å². The molecule has 3 aromatic rings. The van der Waals surface area contributed by atoms with Crippen molar-refractivity contribution in [2.24, 2.45) is 10.4 Å². The molecule has 1 atom stereocenters. The fourth-order valence-electron chi connectivity index (χ4n) is 3.64. The highest BCUT2D eigenvalue weighted by atomic mass is 32.1. The van der Waals surface area contributed by atoms with Crippen LogP contribution in [0.4, 0.5) is 0 Å². The summed E-state index contributed by atoms with van der Waals surface area (Å²) in [5.74, 6) is 2.29. The molecule has 0 amide bonds. The number of hydrogen-bond acceptors (Lipinski definition) is 6. The summed E-state index contributed by atoms with van der Waals surface area (Å²) < 4.78 is 12.7. The number of rotatable bonds is 8. The second-order valence-corrected chi connectivity index (χ2v) is 8.61. The van der Waals surface area contributed by atoms with Crippen LogP contribution in [0.2, 0.25) is 0 Å². The fourth-order valence-corrected chi connectivity index (χ4v) is 4.56. The molecule has 30 heavy (non-hydrogen) atoms. The van der Waals surface area contributed by atoms with E-state index in [0.29, 0.717) is 19.7 Å². The van der Waals surface area contributed by atoms with Crippen LogP contribution in [0.25, 0.3) is 21.0 Å². The maximum Gasteiger partial charge on any atom is 0.191 e. The molecule has 1 unspecified atom stereocenters. The van der Waals surface area contributed by atoms with Gasteiger partial charge < -0.3 is 24.9 Å². The topological polar surface area (TPSA) is 91.9 Å². The van der Waals surface area contributed by atoms with Crippen molar-refractivity contribution in [3.63, 3.8) is 0 Å². The molecule has 2 aromatic heterocycles. The Kier molecular flexibility index (Phi) is 6.66. The number of aromatic nitrogens is 1. The van der Waals surface area contributed by atoms with Gasteiger partial charge in [-0.15, -0.1) is 11.3 Å². The molecule has 1 aromatic carbocycles. The number of fused-ring (bicyclic) bond motifs is 1. The number of nitrogens with zero attached hydrogens (tertiary/aromatic N) is 2. The molecule has 1 aliphatic heterocycles. The molecule has 1 aliphatic rings. The number of guanidine groups is 1. The van der Waals surface area contributed by atoms with Crippen LogP contribution in [-0.4, -0.2) is 49.0 Å². The van der Waals surface area contributed by atoms with E-state index in [0.717, 1.165) is 58.7 Å². The Labute approximate surface area is 180 Å². The van der Waals surface area contributed by atoms with Gasteiger partial charge in [-0.05, 0) is 44.0 Å². The minimum absolute atomic E-state index is 0.0321. The number of para-hydroxylation sites is 1. The largest absolute Gasteiger partial charge is 0.457 e. The van der Waals surface area contributed by atoms with Gasteiger partial charge in [0.25, 0.3) is 0 Å². The number of aliphatic hydroxyl groups excluding tert-OH is 1. The van der Waals surface area contributed by atoms with Gasteiger partial charge in [-0.3, -0.25) is 0 Å². The van der Waals surface area contributed by atoms with Crippen molar-refractivity contribution in [2.75, 3.05) is 32.9 Å². The van der Waals surface area contributed by atoms with Crippen molar-refractivity contribution in [1.82, 2.24) is 15.6 Å². The van der Waals surface area contributed by atoms with E-state index >= 15 is 0 Å². The molecular formula is C22H28N4O3S. The maximum atomic E-state index is 9.41. The van der Waals surface area contributed by atoms with Gasteiger partial charge in [-0.25, -0.2) is 9.98 Å². The number of aliphatic hydroxyl groups is 1. The molecule has 1 fully saturated rings. The first-order valence-electron chi connectivity index (χ1n) is 10.4. The van der Waals surface area contributed by atoms with Crippen LogP contribution in [0.1, 0.15) is 25.5 Å². The second kappa shape index (κ2) is 9.59. The zero-order valence-electron chi connectivity index (χ0n) is 17.2. The van der Waals surface area contributed by atoms with Crippen LogP contribution in [0.5, 0.6) is 0 Å². The lowest BCUT2D eigenvalue weighted by Gasteiger charge is -2.27. The van der Waals surface area contributed by atoms with Crippen LogP contribution < -0.4 is 10.6 Å². The SMILES string of the molecule is CCNC(=NCc1ccc(-c2nc3ccccc3s2)o1)NCC1(CCO)CCOC1. The molecule has 8 heteroatoms. The monoisotopic (exact) mass is 428 g/mol. The normalized spacial score (nSPS) is 19.5. The Hall–Kier alpha value is -2.42. The Balaban J connectivity index is 1.41. The molecule has 160 valence electrons. The summed E-state index contributed by atoms with van der Waals surface area (Å²) in [7, 11) is 0. The van der Waals surface area contributed by atoms with Gasteiger partial charge in [0.2, 0.25) is 0 Å². The van der Waals surface area contributed by atoms with Crippen molar-refractivity contribution >= 4 is 27.5 Å². The predicted molar refractivity (Wildman–Crippen MR) is 120 cm³/mol. The molecule has 0 saturated carbocycles. The first-order chi connectivity index (χ1) is 14.7. The van der Waals surface area contributed by atoms with E-state index in [1.165, 1.54) is 0 Å². The Morgan fingerprint density at radius 3 is 2.93 bits per heavy atom. The Bertz CT molecular complexity index is 958. The summed E-state index contributed by atoms with van der Waals surface area (Å²) in [6, 6.07) is 12.0. The van der Waals surface area contributed by atoms with Crippen molar-refractivity contribution in [3.05, 3.63) is 42.2 Å². The zero-order valence-corrected chi connectivity index (χ0v) is 18.0. The summed E-state index contributed by atoms with van der Waals surface area (Å²) >= 11 is 1.62. The number of nitrogens with one attached hydrogen (secondary N) is 2. The lowest BCUT2D eigenvalue weighted by molar-refractivity contribution is 0.127. The van der Waals surface area contributed by atoms with E-state index in [4.69, 9.17) is 9.15 Å². The minimum Gasteiger partial charge on any atom is -0.457 e. The van der Waals surface area contributed by atoms with E-state index in [2.05, 4.69) is 26.7 Å². The molecule has 0 aliphatic carbocycles. The van der Waals surface area contributed by atoms with Crippen LogP contribution >= 0.6 is 11.3 Å². The van der Waals surface area contributed by atoms with Gasteiger partial charge in [-0.2, -0.15) is 0 Å². The first kappa shape index (κ1) is 20.8. The van der Waals surface area contributed by atoms with Crippen LogP contribution in [0, 0.1) is 5.41 Å². The smallest absolute Gasteiger partial charge is 0.191 e. The van der Waals surface area contributed by atoms with Crippen molar-refractivity contribution in [1.29, 1.82) is 0 Å². The van der Waals surface area contributed by atoms with Crippen LogP contribution in [-0.2, 0) is 11.3 Å². The number of ether oxygens (including phenoxy) is 1. The highest BCUT2D eigenvalue weighted by Gasteiger charge is 2.34. The summed E-state index contributed by atoms with van der Waals surface area (Å²) in [5.41, 5.74) is 0.954. The van der Waals surface area contributed by atoms with Crippen molar-refractivity contribution in [3.8, 4) is 10.8 Å². The summed E-state index contributed by atoms with van der Waals surface area (Å²) in [6.45, 7) is 5.54. The van der Waals surface area contributed by atoms with E-state index in [1.807, 2.05) is 37.3 Å². The maximum absolute atomic E-state index is 9.41. The number of furan rings is 1. The molecule has 0 spiro atoms. The quantitative estimate of drug-likeness (QED) is 0.376. The number of hydrogen-bond donors (Lipinski definition) is 3. The van der Waals surface area contributed by atoms with Gasteiger partial charge >= 0.3 is 0 Å². The second-order valence-electron chi connectivity index (χ2n) is 7.58. The van der Waals surface area contributed by atoms with Gasteiger partial charge in [0.1, 0.15) is 12.3 Å². The van der Waals surface area contributed by atoms with Crippen LogP contribution in [0.3, 0.4) is 0 Å². The molecule has 3 N–H and O–H groups in total. The molecule has 4 rings (SSSR count). The highest BCUT2D eigenvalue weighted by Crippen LogP contribution is 2.32. The number of aliphatic imine (C=N–C) groups is 1. The number of benzene rings is 1. The summed E-state index contributed by atoms with van der Waals surface area (Å²) in [5, 5.41) is 17.0. The molecule has 0 radical (unpaired) electrons. The van der Waals surface area contributed by atoms with Gasteiger partial charge in [0.05, 0.1) is 16.8 Å². The lowest BCUT2D eigenvalue weighted by atomic mass is 9.84. The van der Waals surface area contributed by atoms with Crippen molar-refractivity contribution in [2.45, 2.75) is 26.3 Å². The average molecular weight is 429 g/mol. The molecule has 7 nitrogen and oxygen atoms in total. The third-order valence-electron chi connectivity index (χ3n) is 5.36. The van der Waals surface area contributed by atoms with Crippen molar-refractivity contribution < 1.29 is 14.3 Å². The lowest BCUT2D eigenvalue weighted by Crippen LogP contribution is -2.44. The standard InChI is InChI=1S/C22H28N4O3S/c1-2-23-21(25-14-22(9-11-27)10-12-28-15-22)24-13-16-7-8-18(29-16)20-26-17-5-3-4-6-19(17)30-20/h3-8,27H,2,9-15H2,1H3,(H2,23,24,25). The highest BCUT2D eigenvalue weighted by molar-refractivity contribution is 7.21. The molecule has 1 saturated heterocycles. The number of thiazole rings is 1. The average Bonchev–Trinajstić information content (AvgIpc) is 3.49. The van der Waals surface area contributed by atoms with Gasteiger partial charge in [-0.1, -0.05) is 12.1 Å². The zero-order chi connectivity index (χ0) is 20.8. The first-order valence-corrected chi connectivity index (χ1v) is 11.2. The Morgan fingerprint density at radius 1 is 1.27 bits per heavy atom. The third-order valence-corrected chi connectivity index (χ3v) is 6.41. The van der Waals surface area contributed by atoms with Gasteiger partial charge in [0.15, 0.2) is 16.7 Å². The van der Waals surface area contributed by atoms with Crippen LogP contribution in [0.15, 0.2) is 45.8 Å².